The van der Waals surface area contributed by atoms with E-state index in [0.29, 0.717) is 6.54 Å². The number of hydrogen-bond acceptors (Lipinski definition) is 4. The molecule has 1 atom stereocenters. The summed E-state index contributed by atoms with van der Waals surface area (Å²) in [7, 11) is 2.05. The van der Waals surface area contributed by atoms with Gasteiger partial charge in [0.2, 0.25) is 0 Å². The summed E-state index contributed by atoms with van der Waals surface area (Å²) >= 11 is 0. The number of likely N-dealkylation sites (N-methyl/N-ethyl adjacent to an activating group) is 1. The van der Waals surface area contributed by atoms with Gasteiger partial charge in [-0.2, -0.15) is 0 Å². The lowest BCUT2D eigenvalue weighted by Gasteiger charge is -2.25. The first-order valence-corrected chi connectivity index (χ1v) is 6.29. The van der Waals surface area contributed by atoms with Crippen molar-refractivity contribution in [2.75, 3.05) is 33.4 Å². The fourth-order valence-corrected chi connectivity index (χ4v) is 1.79. The average Bonchev–Trinajstić information content (AvgIpc) is 2.79. The lowest BCUT2D eigenvalue weighted by atomic mass is 10.2. The van der Waals surface area contributed by atoms with Crippen LogP contribution in [0.1, 0.15) is 31.4 Å². The topological polar surface area (TPSA) is 51.6 Å². The Balaban J connectivity index is 2.56. The molecule has 1 unspecified atom stereocenters. The van der Waals surface area contributed by atoms with Gasteiger partial charge in [-0.25, -0.2) is 0 Å². The maximum Gasteiger partial charge on any atom is 0.122 e. The normalized spacial score (nSPS) is 13.2. The molecule has 98 valence electrons. The van der Waals surface area contributed by atoms with Crippen molar-refractivity contribution in [3.8, 4) is 0 Å². The molecule has 0 aliphatic heterocycles. The summed E-state index contributed by atoms with van der Waals surface area (Å²) in [6.07, 6.45) is 0.917. The Kier molecular flexibility index (Phi) is 6.26. The van der Waals surface area contributed by atoms with Crippen LogP contribution in [0.4, 0.5) is 0 Å². The molecule has 0 saturated carbocycles. The molecule has 4 heteroatoms. The van der Waals surface area contributed by atoms with Crippen LogP contribution in [-0.4, -0.2) is 38.3 Å². The van der Waals surface area contributed by atoms with Gasteiger partial charge in [0.25, 0.3) is 0 Å². The average molecular weight is 240 g/mol. The third-order valence-corrected chi connectivity index (χ3v) is 2.91. The number of hydrogen-bond donors (Lipinski definition) is 1. The summed E-state index contributed by atoms with van der Waals surface area (Å²) in [5, 5.41) is 0. The van der Waals surface area contributed by atoms with Gasteiger partial charge in [-0.05, 0) is 26.1 Å². The van der Waals surface area contributed by atoms with Crippen molar-refractivity contribution in [3.05, 3.63) is 23.7 Å². The van der Waals surface area contributed by atoms with E-state index in [1.54, 1.807) is 0 Å². The van der Waals surface area contributed by atoms with Crippen molar-refractivity contribution in [3.63, 3.8) is 0 Å². The molecule has 0 saturated heterocycles. The van der Waals surface area contributed by atoms with Crippen LogP contribution in [0.5, 0.6) is 0 Å². The van der Waals surface area contributed by atoms with E-state index in [0.717, 1.165) is 37.7 Å². The molecule has 0 aliphatic carbocycles. The minimum Gasteiger partial charge on any atom is -0.464 e. The molecule has 1 aromatic rings. The molecule has 4 nitrogen and oxygen atoms in total. The van der Waals surface area contributed by atoms with Crippen LogP contribution in [-0.2, 0) is 11.2 Å². The second-order valence-electron chi connectivity index (χ2n) is 4.09. The van der Waals surface area contributed by atoms with Crippen LogP contribution in [0, 0.1) is 0 Å². The number of rotatable bonds is 8. The zero-order valence-corrected chi connectivity index (χ0v) is 11.1. The van der Waals surface area contributed by atoms with E-state index in [9.17, 15) is 0 Å². The highest BCUT2D eigenvalue weighted by molar-refractivity contribution is 5.11. The molecule has 0 bridgehead atoms. The fraction of sp³-hybridized carbons (Fsp3) is 0.692. The highest BCUT2D eigenvalue weighted by Gasteiger charge is 2.18. The van der Waals surface area contributed by atoms with E-state index < -0.39 is 0 Å². The van der Waals surface area contributed by atoms with Gasteiger partial charge in [0.15, 0.2) is 0 Å². The van der Waals surface area contributed by atoms with Crippen LogP contribution in [0.2, 0.25) is 0 Å². The van der Waals surface area contributed by atoms with Gasteiger partial charge >= 0.3 is 0 Å². The van der Waals surface area contributed by atoms with Gasteiger partial charge in [-0.1, -0.05) is 6.92 Å². The summed E-state index contributed by atoms with van der Waals surface area (Å²) < 4.78 is 11.1. The van der Waals surface area contributed by atoms with E-state index in [-0.39, 0.29) is 6.04 Å². The molecule has 17 heavy (non-hydrogen) atoms. The number of ether oxygens (including phenoxy) is 1. The first kappa shape index (κ1) is 14.2. The van der Waals surface area contributed by atoms with Crippen LogP contribution >= 0.6 is 0 Å². The summed E-state index contributed by atoms with van der Waals surface area (Å²) in [4.78, 5) is 2.17. The van der Waals surface area contributed by atoms with Crippen molar-refractivity contribution in [1.82, 2.24) is 4.90 Å². The van der Waals surface area contributed by atoms with Crippen molar-refractivity contribution in [2.24, 2.45) is 5.73 Å². The minimum absolute atomic E-state index is 0.135. The van der Waals surface area contributed by atoms with Crippen molar-refractivity contribution >= 4 is 0 Å². The van der Waals surface area contributed by atoms with Gasteiger partial charge in [-0.3, -0.25) is 4.90 Å². The monoisotopic (exact) mass is 240 g/mol. The van der Waals surface area contributed by atoms with Gasteiger partial charge in [0.1, 0.15) is 11.5 Å². The molecule has 1 aromatic heterocycles. The van der Waals surface area contributed by atoms with Crippen molar-refractivity contribution < 1.29 is 9.15 Å². The molecule has 0 amide bonds. The summed E-state index contributed by atoms with van der Waals surface area (Å²) in [5.74, 6) is 1.96. The van der Waals surface area contributed by atoms with Crippen molar-refractivity contribution in [2.45, 2.75) is 26.3 Å². The molecule has 0 radical (unpaired) electrons. The summed E-state index contributed by atoms with van der Waals surface area (Å²) in [6.45, 7) is 6.98. The van der Waals surface area contributed by atoms with Gasteiger partial charge < -0.3 is 14.9 Å². The Morgan fingerprint density at radius 3 is 2.71 bits per heavy atom. The summed E-state index contributed by atoms with van der Waals surface area (Å²) in [6, 6.07) is 4.18. The molecule has 0 fully saturated rings. The first-order valence-electron chi connectivity index (χ1n) is 6.29. The number of furan rings is 1. The number of nitrogens with two attached hydrogens (primary N) is 1. The predicted molar refractivity (Wildman–Crippen MR) is 69.0 cm³/mol. The van der Waals surface area contributed by atoms with Crippen LogP contribution in [0.3, 0.4) is 0 Å². The zero-order valence-electron chi connectivity index (χ0n) is 11.1. The highest BCUT2D eigenvalue weighted by Crippen LogP contribution is 2.20. The molecular formula is C13H24N2O2. The van der Waals surface area contributed by atoms with Crippen molar-refractivity contribution in [1.29, 1.82) is 0 Å². The molecule has 1 heterocycles. The first-order chi connectivity index (χ1) is 8.22. The minimum atomic E-state index is 0.135. The Morgan fingerprint density at radius 1 is 1.41 bits per heavy atom. The third-order valence-electron chi connectivity index (χ3n) is 2.91. The quantitative estimate of drug-likeness (QED) is 0.704. The SMILES string of the molecule is CCOCCN(C)C(CN)c1ccc(CC)o1. The molecule has 2 N–H and O–H groups in total. The molecular weight excluding hydrogens is 216 g/mol. The van der Waals surface area contributed by atoms with E-state index in [1.807, 2.05) is 26.1 Å². The number of nitrogens with zero attached hydrogens (tertiary/aromatic N) is 1. The molecule has 0 aromatic carbocycles. The second kappa shape index (κ2) is 7.48. The largest absolute Gasteiger partial charge is 0.464 e. The molecule has 1 rings (SSSR count). The Bertz CT molecular complexity index is 312. The second-order valence-corrected chi connectivity index (χ2v) is 4.09. The van der Waals surface area contributed by atoms with E-state index in [4.69, 9.17) is 14.9 Å². The Hall–Kier alpha value is -0.840. The standard InChI is InChI=1S/C13H24N2O2/c1-4-11-6-7-13(17-11)12(10-14)15(3)8-9-16-5-2/h6-7,12H,4-5,8-10,14H2,1-3H3. The maximum absolute atomic E-state index is 5.82. The number of aryl methyl sites for hydroxylation is 1. The van der Waals surface area contributed by atoms with Crippen LogP contribution in [0.25, 0.3) is 0 Å². The maximum atomic E-state index is 5.82. The van der Waals surface area contributed by atoms with Gasteiger partial charge in [-0.15, -0.1) is 0 Å². The summed E-state index contributed by atoms with van der Waals surface area (Å²) in [5.41, 5.74) is 5.82. The third kappa shape index (κ3) is 4.15. The zero-order chi connectivity index (χ0) is 12.7. The highest BCUT2D eigenvalue weighted by atomic mass is 16.5. The van der Waals surface area contributed by atoms with Gasteiger partial charge in [0, 0.05) is 26.1 Å². The molecule has 0 spiro atoms. The van der Waals surface area contributed by atoms with E-state index >= 15 is 0 Å². The van der Waals surface area contributed by atoms with Gasteiger partial charge in [0.05, 0.1) is 12.6 Å². The van der Waals surface area contributed by atoms with E-state index in [2.05, 4.69) is 11.8 Å². The lowest BCUT2D eigenvalue weighted by Crippen LogP contribution is -2.32. The molecule has 0 aliphatic rings. The van der Waals surface area contributed by atoms with Crippen LogP contribution in [0.15, 0.2) is 16.5 Å². The van der Waals surface area contributed by atoms with Crippen LogP contribution < -0.4 is 5.73 Å². The predicted octanol–water partition coefficient (Wildman–Crippen LogP) is 1.81. The smallest absolute Gasteiger partial charge is 0.122 e. The Morgan fingerprint density at radius 2 is 2.18 bits per heavy atom. The lowest BCUT2D eigenvalue weighted by molar-refractivity contribution is 0.103. The fourth-order valence-electron chi connectivity index (χ4n) is 1.79. The Labute approximate surface area is 104 Å². The van der Waals surface area contributed by atoms with E-state index in [1.165, 1.54) is 0 Å².